The predicted octanol–water partition coefficient (Wildman–Crippen LogP) is 2.93. The standard InChI is InChI=1S/C17H20N2O2/c1-10-16(11(2)21-19-10)13-6-4-5-12-14(13)8-20-17(3)9-18-7-15(12)17/h4-6,15,18H,7-9H2,1-3H3/t15-,17-/m0/s1. The van der Waals surface area contributed by atoms with Crippen molar-refractivity contribution in [3.8, 4) is 11.1 Å². The van der Waals surface area contributed by atoms with E-state index in [-0.39, 0.29) is 5.60 Å². The Kier molecular flexibility index (Phi) is 2.75. The molecular formula is C17H20N2O2. The fourth-order valence-corrected chi connectivity index (χ4v) is 3.83. The Hall–Kier alpha value is -1.65. The van der Waals surface area contributed by atoms with Gasteiger partial charge in [-0.25, -0.2) is 0 Å². The molecule has 4 heteroatoms. The molecule has 1 aromatic carbocycles. The van der Waals surface area contributed by atoms with Crippen LogP contribution < -0.4 is 5.32 Å². The van der Waals surface area contributed by atoms with Crippen molar-refractivity contribution in [2.75, 3.05) is 13.1 Å². The Morgan fingerprint density at radius 1 is 1.33 bits per heavy atom. The van der Waals surface area contributed by atoms with Crippen LogP contribution in [-0.4, -0.2) is 23.8 Å². The van der Waals surface area contributed by atoms with E-state index in [1.807, 2.05) is 13.8 Å². The highest BCUT2D eigenvalue weighted by Crippen LogP contribution is 2.44. The van der Waals surface area contributed by atoms with Gasteiger partial charge in [-0.1, -0.05) is 23.4 Å². The van der Waals surface area contributed by atoms with Crippen molar-refractivity contribution in [1.82, 2.24) is 10.5 Å². The number of nitrogens with one attached hydrogen (secondary N) is 1. The topological polar surface area (TPSA) is 47.3 Å². The lowest BCUT2D eigenvalue weighted by Crippen LogP contribution is -2.39. The van der Waals surface area contributed by atoms with Crippen LogP contribution in [0.4, 0.5) is 0 Å². The molecule has 21 heavy (non-hydrogen) atoms. The predicted molar refractivity (Wildman–Crippen MR) is 80.2 cm³/mol. The molecular weight excluding hydrogens is 264 g/mol. The van der Waals surface area contributed by atoms with Crippen molar-refractivity contribution in [1.29, 1.82) is 0 Å². The Bertz CT molecular complexity index is 687. The van der Waals surface area contributed by atoms with Crippen LogP contribution >= 0.6 is 0 Å². The molecule has 4 rings (SSSR count). The number of aryl methyl sites for hydroxylation is 2. The molecule has 2 atom stereocenters. The lowest BCUT2D eigenvalue weighted by molar-refractivity contribution is -0.0515. The lowest BCUT2D eigenvalue weighted by atomic mass is 9.79. The molecule has 110 valence electrons. The second-order valence-corrected chi connectivity index (χ2v) is 6.36. The zero-order valence-corrected chi connectivity index (χ0v) is 12.7. The highest BCUT2D eigenvalue weighted by molar-refractivity contribution is 5.72. The van der Waals surface area contributed by atoms with Gasteiger partial charge in [0.2, 0.25) is 0 Å². The first kappa shape index (κ1) is 13.0. The van der Waals surface area contributed by atoms with Crippen LogP contribution in [0.25, 0.3) is 11.1 Å². The smallest absolute Gasteiger partial charge is 0.141 e. The van der Waals surface area contributed by atoms with E-state index in [0.717, 1.165) is 30.1 Å². The summed E-state index contributed by atoms with van der Waals surface area (Å²) in [6.07, 6.45) is 0. The van der Waals surface area contributed by atoms with E-state index in [1.165, 1.54) is 16.7 Å². The van der Waals surface area contributed by atoms with Crippen molar-refractivity contribution >= 4 is 0 Å². The first-order valence-corrected chi connectivity index (χ1v) is 7.50. The molecule has 0 amide bonds. The zero-order valence-electron chi connectivity index (χ0n) is 12.7. The molecule has 0 radical (unpaired) electrons. The maximum absolute atomic E-state index is 6.22. The van der Waals surface area contributed by atoms with Gasteiger partial charge in [0, 0.05) is 24.6 Å². The van der Waals surface area contributed by atoms with Crippen molar-refractivity contribution in [2.45, 2.75) is 38.9 Å². The minimum Gasteiger partial charge on any atom is -0.369 e. The summed E-state index contributed by atoms with van der Waals surface area (Å²) < 4.78 is 11.6. The molecule has 0 spiro atoms. The van der Waals surface area contributed by atoms with Crippen LogP contribution in [0.2, 0.25) is 0 Å². The minimum atomic E-state index is -0.0790. The summed E-state index contributed by atoms with van der Waals surface area (Å²) >= 11 is 0. The molecule has 1 fully saturated rings. The highest BCUT2D eigenvalue weighted by atomic mass is 16.5. The fraction of sp³-hybridized carbons (Fsp3) is 0.471. The van der Waals surface area contributed by atoms with Crippen molar-refractivity contribution in [3.63, 3.8) is 0 Å². The third-order valence-electron chi connectivity index (χ3n) is 5.00. The van der Waals surface area contributed by atoms with E-state index < -0.39 is 0 Å². The SMILES string of the molecule is Cc1noc(C)c1-c1cccc2c1CO[C@@]1(C)CNC[C@@H]21. The summed E-state index contributed by atoms with van der Waals surface area (Å²) in [5.74, 6) is 1.29. The van der Waals surface area contributed by atoms with E-state index in [2.05, 4.69) is 35.6 Å². The zero-order chi connectivity index (χ0) is 14.6. The van der Waals surface area contributed by atoms with Gasteiger partial charge in [-0.05, 0) is 37.5 Å². The number of ether oxygens (including phenoxy) is 1. The number of nitrogens with zero attached hydrogens (tertiary/aromatic N) is 1. The van der Waals surface area contributed by atoms with Crippen LogP contribution in [0, 0.1) is 13.8 Å². The summed E-state index contributed by atoms with van der Waals surface area (Å²) in [6.45, 7) is 8.74. The number of fused-ring (bicyclic) bond motifs is 3. The summed E-state index contributed by atoms with van der Waals surface area (Å²) in [6, 6.07) is 6.54. The van der Waals surface area contributed by atoms with Gasteiger partial charge >= 0.3 is 0 Å². The average Bonchev–Trinajstić information content (AvgIpc) is 3.01. The normalized spacial score (nSPS) is 27.5. The van der Waals surface area contributed by atoms with Gasteiger partial charge in [0.05, 0.1) is 17.9 Å². The van der Waals surface area contributed by atoms with Crippen LogP contribution in [0.15, 0.2) is 22.7 Å². The number of aromatic nitrogens is 1. The van der Waals surface area contributed by atoms with Crippen molar-refractivity contribution < 1.29 is 9.26 Å². The molecule has 0 saturated carbocycles. The lowest BCUT2D eigenvalue weighted by Gasteiger charge is -2.37. The van der Waals surface area contributed by atoms with Crippen molar-refractivity contribution in [2.24, 2.45) is 0 Å². The Morgan fingerprint density at radius 2 is 2.19 bits per heavy atom. The summed E-state index contributed by atoms with van der Waals surface area (Å²) in [7, 11) is 0. The van der Waals surface area contributed by atoms with E-state index in [0.29, 0.717) is 12.5 Å². The number of hydrogen-bond acceptors (Lipinski definition) is 4. The van der Waals surface area contributed by atoms with E-state index >= 15 is 0 Å². The van der Waals surface area contributed by atoms with E-state index in [9.17, 15) is 0 Å². The first-order valence-electron chi connectivity index (χ1n) is 7.50. The van der Waals surface area contributed by atoms with Crippen LogP contribution in [0.1, 0.15) is 35.4 Å². The molecule has 1 N–H and O–H groups in total. The second-order valence-electron chi connectivity index (χ2n) is 6.36. The molecule has 2 aliphatic heterocycles. The summed E-state index contributed by atoms with van der Waals surface area (Å²) in [5.41, 5.74) is 5.88. The third-order valence-corrected chi connectivity index (χ3v) is 5.00. The van der Waals surface area contributed by atoms with Crippen LogP contribution in [0.3, 0.4) is 0 Å². The summed E-state index contributed by atoms with van der Waals surface area (Å²) in [4.78, 5) is 0. The number of rotatable bonds is 1. The molecule has 3 heterocycles. The third kappa shape index (κ3) is 1.79. The highest BCUT2D eigenvalue weighted by Gasteiger charge is 2.45. The van der Waals surface area contributed by atoms with E-state index in [4.69, 9.17) is 9.26 Å². The molecule has 1 saturated heterocycles. The van der Waals surface area contributed by atoms with Crippen LogP contribution in [0.5, 0.6) is 0 Å². The molecule has 2 aromatic rings. The second kappa shape index (κ2) is 4.42. The Balaban J connectivity index is 1.90. The molecule has 0 bridgehead atoms. The van der Waals surface area contributed by atoms with Gasteiger partial charge in [0.15, 0.2) is 0 Å². The van der Waals surface area contributed by atoms with Gasteiger partial charge in [-0.15, -0.1) is 0 Å². The molecule has 2 aliphatic rings. The van der Waals surface area contributed by atoms with E-state index in [1.54, 1.807) is 0 Å². The van der Waals surface area contributed by atoms with Gasteiger partial charge in [0.25, 0.3) is 0 Å². The van der Waals surface area contributed by atoms with Crippen molar-refractivity contribution in [3.05, 3.63) is 40.8 Å². The monoisotopic (exact) mass is 284 g/mol. The van der Waals surface area contributed by atoms with Gasteiger partial charge in [-0.3, -0.25) is 0 Å². The maximum atomic E-state index is 6.22. The largest absolute Gasteiger partial charge is 0.369 e. The van der Waals surface area contributed by atoms with Crippen LogP contribution in [-0.2, 0) is 11.3 Å². The molecule has 0 unspecified atom stereocenters. The minimum absolute atomic E-state index is 0.0790. The molecule has 4 nitrogen and oxygen atoms in total. The quantitative estimate of drug-likeness (QED) is 0.874. The average molecular weight is 284 g/mol. The Morgan fingerprint density at radius 3 is 2.95 bits per heavy atom. The molecule has 0 aliphatic carbocycles. The van der Waals surface area contributed by atoms with Gasteiger partial charge < -0.3 is 14.6 Å². The Labute approximate surface area is 124 Å². The van der Waals surface area contributed by atoms with Gasteiger partial charge in [-0.2, -0.15) is 0 Å². The first-order chi connectivity index (χ1) is 10.1. The van der Waals surface area contributed by atoms with Gasteiger partial charge in [0.1, 0.15) is 5.76 Å². The number of benzene rings is 1. The number of hydrogen-bond donors (Lipinski definition) is 1. The fourth-order valence-electron chi connectivity index (χ4n) is 3.83. The maximum Gasteiger partial charge on any atom is 0.141 e. The molecule has 1 aromatic heterocycles. The summed E-state index contributed by atoms with van der Waals surface area (Å²) in [5, 5.41) is 7.56.